The van der Waals surface area contributed by atoms with Crippen molar-refractivity contribution in [1.82, 2.24) is 4.98 Å². The van der Waals surface area contributed by atoms with Crippen molar-refractivity contribution in [3.05, 3.63) is 18.3 Å². The molecule has 0 saturated heterocycles. The second-order valence-corrected chi connectivity index (χ2v) is 4.03. The van der Waals surface area contributed by atoms with E-state index in [0.717, 1.165) is 51.0 Å². The Morgan fingerprint density at radius 3 is 2.32 bits per heavy atom. The summed E-state index contributed by atoms with van der Waals surface area (Å²) in [5.74, 6) is 0.871. The average Bonchev–Trinajstić information content (AvgIpc) is 2.46. The number of nitrogens with one attached hydrogen (secondary N) is 1. The molecule has 1 aromatic rings. The summed E-state index contributed by atoms with van der Waals surface area (Å²) in [6.45, 7) is 8.67. The molecule has 0 amide bonds. The number of ether oxygens (including phenoxy) is 2. The van der Waals surface area contributed by atoms with E-state index in [0.29, 0.717) is 0 Å². The second kappa shape index (κ2) is 9.58. The van der Waals surface area contributed by atoms with Gasteiger partial charge < -0.3 is 19.7 Å². The quantitative estimate of drug-likeness (QED) is 0.657. The number of nitrogens with zero attached hydrogens (tertiary/aromatic N) is 2. The molecule has 0 fully saturated rings. The fraction of sp³-hybridized carbons (Fsp3) is 0.643. The van der Waals surface area contributed by atoms with Gasteiger partial charge in [-0.15, -0.1) is 0 Å². The molecule has 1 N–H and O–H groups in total. The van der Waals surface area contributed by atoms with Crippen LogP contribution < -0.4 is 10.2 Å². The van der Waals surface area contributed by atoms with E-state index in [2.05, 4.69) is 15.2 Å². The molecule has 0 saturated carbocycles. The summed E-state index contributed by atoms with van der Waals surface area (Å²) in [6, 6.07) is 4.05. The lowest BCUT2D eigenvalue weighted by atomic mass is 10.3. The van der Waals surface area contributed by atoms with Crippen LogP contribution >= 0.6 is 0 Å². The van der Waals surface area contributed by atoms with E-state index in [1.165, 1.54) is 0 Å². The molecule has 5 heteroatoms. The molecule has 0 spiro atoms. The van der Waals surface area contributed by atoms with Crippen LogP contribution in [0.25, 0.3) is 0 Å². The summed E-state index contributed by atoms with van der Waals surface area (Å²) in [7, 11) is 1.87. The highest BCUT2D eigenvalue weighted by atomic mass is 16.5. The first-order valence-corrected chi connectivity index (χ1v) is 6.86. The zero-order valence-electron chi connectivity index (χ0n) is 12.2. The molecule has 0 aliphatic carbocycles. The topological polar surface area (TPSA) is 46.6 Å². The maximum atomic E-state index is 5.43. The summed E-state index contributed by atoms with van der Waals surface area (Å²) in [6.07, 6.45) is 1.82. The number of pyridine rings is 1. The highest BCUT2D eigenvalue weighted by Crippen LogP contribution is 2.16. The molecular formula is C14H25N3O2. The molecule has 19 heavy (non-hydrogen) atoms. The number of hydrogen-bond donors (Lipinski definition) is 1. The number of aromatic nitrogens is 1. The summed E-state index contributed by atoms with van der Waals surface area (Å²) < 4.78 is 10.9. The highest BCUT2D eigenvalue weighted by Gasteiger charge is 2.07. The molecule has 0 aliphatic rings. The normalized spacial score (nSPS) is 10.5. The van der Waals surface area contributed by atoms with Crippen LogP contribution in [0.5, 0.6) is 0 Å². The predicted molar refractivity (Wildman–Crippen MR) is 79.0 cm³/mol. The Balaban J connectivity index is 2.63. The lowest BCUT2D eigenvalue weighted by Crippen LogP contribution is -2.31. The second-order valence-electron chi connectivity index (χ2n) is 4.03. The molecule has 0 unspecified atom stereocenters. The van der Waals surface area contributed by atoms with Gasteiger partial charge in [-0.05, 0) is 19.9 Å². The van der Waals surface area contributed by atoms with Gasteiger partial charge >= 0.3 is 0 Å². The first kappa shape index (κ1) is 15.7. The van der Waals surface area contributed by atoms with Crippen LogP contribution in [0.2, 0.25) is 0 Å². The fourth-order valence-electron chi connectivity index (χ4n) is 1.76. The molecule has 0 bridgehead atoms. The van der Waals surface area contributed by atoms with Crippen LogP contribution in [-0.2, 0) is 9.47 Å². The van der Waals surface area contributed by atoms with Gasteiger partial charge in [0, 0.05) is 51.3 Å². The Labute approximate surface area is 115 Å². The van der Waals surface area contributed by atoms with Gasteiger partial charge in [0.2, 0.25) is 0 Å². The minimum Gasteiger partial charge on any atom is -0.380 e. The van der Waals surface area contributed by atoms with Gasteiger partial charge in [0.15, 0.2) is 0 Å². The van der Waals surface area contributed by atoms with Gasteiger partial charge in [-0.2, -0.15) is 0 Å². The predicted octanol–water partition coefficient (Wildman–Crippen LogP) is 2.00. The van der Waals surface area contributed by atoms with Crippen molar-refractivity contribution in [3.63, 3.8) is 0 Å². The molecule has 0 aromatic carbocycles. The summed E-state index contributed by atoms with van der Waals surface area (Å²) >= 11 is 0. The summed E-state index contributed by atoms with van der Waals surface area (Å²) in [5, 5.41) is 3.06. The Morgan fingerprint density at radius 1 is 1.16 bits per heavy atom. The first-order chi connectivity index (χ1) is 9.31. The summed E-state index contributed by atoms with van der Waals surface area (Å²) in [4.78, 5) is 6.49. The Morgan fingerprint density at radius 2 is 1.79 bits per heavy atom. The third-order valence-electron chi connectivity index (χ3n) is 2.78. The SMILES string of the molecule is CCOCCN(CCOCC)c1ccnc(NC)c1. The summed E-state index contributed by atoms with van der Waals surface area (Å²) in [5.41, 5.74) is 1.14. The van der Waals surface area contributed by atoms with Gasteiger partial charge in [-0.3, -0.25) is 0 Å². The Hall–Kier alpha value is -1.33. The van der Waals surface area contributed by atoms with Crippen molar-refractivity contribution >= 4 is 11.5 Å². The van der Waals surface area contributed by atoms with Crippen LogP contribution in [0.15, 0.2) is 18.3 Å². The van der Waals surface area contributed by atoms with Crippen molar-refractivity contribution < 1.29 is 9.47 Å². The third kappa shape index (κ3) is 5.89. The number of anilines is 2. The molecule has 0 atom stereocenters. The van der Waals surface area contributed by atoms with Crippen molar-refractivity contribution in [3.8, 4) is 0 Å². The van der Waals surface area contributed by atoms with Crippen LogP contribution in [0.3, 0.4) is 0 Å². The van der Waals surface area contributed by atoms with Gasteiger partial charge in [-0.1, -0.05) is 0 Å². The van der Waals surface area contributed by atoms with Crippen molar-refractivity contribution in [2.45, 2.75) is 13.8 Å². The number of hydrogen-bond acceptors (Lipinski definition) is 5. The van der Waals surface area contributed by atoms with Crippen LogP contribution in [0.1, 0.15) is 13.8 Å². The van der Waals surface area contributed by atoms with Crippen LogP contribution in [-0.4, -0.2) is 51.5 Å². The van der Waals surface area contributed by atoms with E-state index in [1.807, 2.05) is 39.2 Å². The van der Waals surface area contributed by atoms with E-state index in [4.69, 9.17) is 9.47 Å². The van der Waals surface area contributed by atoms with Crippen molar-refractivity contribution in [1.29, 1.82) is 0 Å². The molecule has 5 nitrogen and oxygen atoms in total. The van der Waals surface area contributed by atoms with Gasteiger partial charge in [0.05, 0.1) is 13.2 Å². The maximum absolute atomic E-state index is 5.43. The molecular weight excluding hydrogens is 242 g/mol. The lowest BCUT2D eigenvalue weighted by molar-refractivity contribution is 0.141. The van der Waals surface area contributed by atoms with E-state index in [9.17, 15) is 0 Å². The Bertz CT molecular complexity index is 337. The minimum atomic E-state index is 0.722. The molecule has 1 aromatic heterocycles. The van der Waals surface area contributed by atoms with E-state index >= 15 is 0 Å². The fourth-order valence-corrected chi connectivity index (χ4v) is 1.76. The minimum absolute atomic E-state index is 0.722. The van der Waals surface area contributed by atoms with E-state index in [1.54, 1.807) is 0 Å². The lowest BCUT2D eigenvalue weighted by Gasteiger charge is -2.25. The first-order valence-electron chi connectivity index (χ1n) is 6.86. The number of rotatable bonds is 10. The molecule has 108 valence electrons. The standard InChI is InChI=1S/C14H25N3O2/c1-4-18-10-8-17(9-11-19-5-2)13-6-7-16-14(12-13)15-3/h6-7,12H,4-5,8-11H2,1-3H3,(H,15,16). The van der Waals surface area contributed by atoms with Gasteiger partial charge in [0.25, 0.3) is 0 Å². The maximum Gasteiger partial charge on any atom is 0.127 e. The molecule has 0 radical (unpaired) electrons. The zero-order valence-corrected chi connectivity index (χ0v) is 12.2. The van der Waals surface area contributed by atoms with Crippen LogP contribution in [0.4, 0.5) is 11.5 Å². The Kier molecular flexibility index (Phi) is 7.93. The molecule has 1 rings (SSSR count). The highest BCUT2D eigenvalue weighted by molar-refractivity contribution is 5.53. The van der Waals surface area contributed by atoms with Gasteiger partial charge in [0.1, 0.15) is 5.82 Å². The van der Waals surface area contributed by atoms with E-state index < -0.39 is 0 Å². The van der Waals surface area contributed by atoms with Crippen molar-refractivity contribution in [2.75, 3.05) is 56.8 Å². The van der Waals surface area contributed by atoms with Crippen molar-refractivity contribution in [2.24, 2.45) is 0 Å². The average molecular weight is 267 g/mol. The van der Waals surface area contributed by atoms with Crippen LogP contribution in [0, 0.1) is 0 Å². The zero-order chi connectivity index (χ0) is 13.9. The molecule has 0 aliphatic heterocycles. The van der Waals surface area contributed by atoms with Gasteiger partial charge in [-0.25, -0.2) is 4.98 Å². The molecule has 1 heterocycles. The smallest absolute Gasteiger partial charge is 0.127 e. The largest absolute Gasteiger partial charge is 0.380 e. The van der Waals surface area contributed by atoms with E-state index in [-0.39, 0.29) is 0 Å². The third-order valence-corrected chi connectivity index (χ3v) is 2.78. The monoisotopic (exact) mass is 267 g/mol.